The van der Waals surface area contributed by atoms with Crippen molar-refractivity contribution in [3.63, 3.8) is 0 Å². The van der Waals surface area contributed by atoms with Crippen LogP contribution in [-0.2, 0) is 0 Å². The van der Waals surface area contributed by atoms with Gasteiger partial charge in [-0.1, -0.05) is 30.3 Å². The first kappa shape index (κ1) is 13.1. The summed E-state index contributed by atoms with van der Waals surface area (Å²) >= 11 is 0. The van der Waals surface area contributed by atoms with Gasteiger partial charge in [0.15, 0.2) is 11.5 Å². The van der Waals surface area contributed by atoms with E-state index < -0.39 is 0 Å². The van der Waals surface area contributed by atoms with Crippen LogP contribution in [0.25, 0.3) is 33.0 Å². The minimum absolute atomic E-state index is 0.121. The summed E-state index contributed by atoms with van der Waals surface area (Å²) in [6, 6.07) is 13.2. The number of rotatable bonds is 1. The molecule has 0 spiro atoms. The normalized spacial score (nSPS) is 12.8. The monoisotopic (exact) mass is 317 g/mol. The zero-order valence-electron chi connectivity index (χ0n) is 12.5. The van der Waals surface area contributed by atoms with Gasteiger partial charge in [-0.3, -0.25) is 9.78 Å². The Kier molecular flexibility index (Phi) is 2.64. The van der Waals surface area contributed by atoms with Gasteiger partial charge in [-0.25, -0.2) is 0 Å². The third-order valence-electron chi connectivity index (χ3n) is 4.21. The maximum absolute atomic E-state index is 13.1. The van der Waals surface area contributed by atoms with Crippen LogP contribution in [0.4, 0.5) is 0 Å². The third-order valence-corrected chi connectivity index (χ3v) is 4.21. The van der Waals surface area contributed by atoms with Crippen molar-refractivity contribution in [1.29, 1.82) is 0 Å². The van der Waals surface area contributed by atoms with E-state index in [1.165, 1.54) is 6.26 Å². The van der Waals surface area contributed by atoms with E-state index in [0.29, 0.717) is 33.7 Å². The quantitative estimate of drug-likeness (QED) is 0.501. The van der Waals surface area contributed by atoms with Crippen LogP contribution in [0, 0.1) is 0 Å². The zero-order valence-corrected chi connectivity index (χ0v) is 12.5. The van der Waals surface area contributed by atoms with Crippen LogP contribution in [0.3, 0.4) is 0 Å². The fourth-order valence-electron chi connectivity index (χ4n) is 3.09. The summed E-state index contributed by atoms with van der Waals surface area (Å²) in [5, 5.41) is 2.39. The molecule has 5 rings (SSSR count). The van der Waals surface area contributed by atoms with Crippen molar-refractivity contribution in [2.45, 2.75) is 0 Å². The second kappa shape index (κ2) is 4.83. The van der Waals surface area contributed by atoms with Crippen molar-refractivity contribution < 1.29 is 13.9 Å². The molecular weight excluding hydrogens is 306 g/mol. The molecule has 0 radical (unpaired) electrons. The largest absolute Gasteiger partial charge is 0.463 e. The highest BCUT2D eigenvalue weighted by molar-refractivity contribution is 6.06. The van der Waals surface area contributed by atoms with Gasteiger partial charge in [0.25, 0.3) is 0 Å². The van der Waals surface area contributed by atoms with Crippen LogP contribution in [-0.4, -0.2) is 11.8 Å². The topological polar surface area (TPSA) is 61.6 Å². The van der Waals surface area contributed by atoms with Gasteiger partial charge in [-0.2, -0.15) is 0 Å². The first-order valence-corrected chi connectivity index (χ1v) is 7.51. The lowest BCUT2D eigenvalue weighted by Crippen LogP contribution is -2.07. The SMILES string of the molecule is O=c1c(-c2nccc3c2OCO3)coc2ccc3ccccc3c12. The molecule has 24 heavy (non-hydrogen) atoms. The van der Waals surface area contributed by atoms with Gasteiger partial charge >= 0.3 is 0 Å². The number of nitrogens with zero attached hydrogens (tertiary/aromatic N) is 1. The second-order valence-corrected chi connectivity index (χ2v) is 5.53. The molecule has 5 nitrogen and oxygen atoms in total. The summed E-state index contributed by atoms with van der Waals surface area (Å²) in [6.07, 6.45) is 3.03. The highest BCUT2D eigenvalue weighted by Crippen LogP contribution is 2.39. The molecule has 116 valence electrons. The summed E-state index contributed by atoms with van der Waals surface area (Å²) in [5.41, 5.74) is 1.21. The van der Waals surface area contributed by atoms with E-state index in [-0.39, 0.29) is 12.2 Å². The summed E-state index contributed by atoms with van der Waals surface area (Å²) in [7, 11) is 0. The Balaban J connectivity index is 1.89. The number of hydrogen-bond donors (Lipinski definition) is 0. The lowest BCUT2D eigenvalue weighted by atomic mass is 10.0. The minimum Gasteiger partial charge on any atom is -0.463 e. The summed E-state index contributed by atoms with van der Waals surface area (Å²) in [5.74, 6) is 1.06. The first-order chi connectivity index (χ1) is 11.8. The Labute approximate surface area is 136 Å². The molecule has 0 aliphatic carbocycles. The van der Waals surface area contributed by atoms with Crippen LogP contribution in [0.2, 0.25) is 0 Å². The van der Waals surface area contributed by atoms with Crippen LogP contribution in [0.5, 0.6) is 11.5 Å². The van der Waals surface area contributed by atoms with Crippen LogP contribution >= 0.6 is 0 Å². The molecule has 0 N–H and O–H groups in total. The molecule has 2 aromatic carbocycles. The number of hydrogen-bond acceptors (Lipinski definition) is 5. The summed E-state index contributed by atoms with van der Waals surface area (Å²) in [6.45, 7) is 0.121. The number of fused-ring (bicyclic) bond motifs is 4. The van der Waals surface area contributed by atoms with E-state index in [0.717, 1.165) is 10.8 Å². The molecule has 0 saturated heterocycles. The molecule has 3 heterocycles. The lowest BCUT2D eigenvalue weighted by Gasteiger charge is -2.07. The fraction of sp³-hybridized carbons (Fsp3) is 0.0526. The lowest BCUT2D eigenvalue weighted by molar-refractivity contribution is 0.174. The van der Waals surface area contributed by atoms with E-state index in [1.807, 2.05) is 36.4 Å². The smallest absolute Gasteiger partial charge is 0.231 e. The van der Waals surface area contributed by atoms with E-state index in [2.05, 4.69) is 4.98 Å². The molecule has 4 aromatic rings. The predicted octanol–water partition coefficient (Wildman–Crippen LogP) is 3.74. The van der Waals surface area contributed by atoms with E-state index in [1.54, 1.807) is 12.3 Å². The van der Waals surface area contributed by atoms with E-state index in [4.69, 9.17) is 13.9 Å². The van der Waals surface area contributed by atoms with Crippen LogP contribution < -0.4 is 14.9 Å². The van der Waals surface area contributed by atoms with E-state index in [9.17, 15) is 4.79 Å². The first-order valence-electron chi connectivity index (χ1n) is 7.51. The maximum Gasteiger partial charge on any atom is 0.231 e. The molecular formula is C19H11NO4. The van der Waals surface area contributed by atoms with Gasteiger partial charge in [0, 0.05) is 12.3 Å². The van der Waals surface area contributed by atoms with Gasteiger partial charge < -0.3 is 13.9 Å². The molecule has 0 unspecified atom stereocenters. The molecule has 0 saturated carbocycles. The third kappa shape index (κ3) is 1.75. The number of benzene rings is 2. The van der Waals surface area contributed by atoms with Gasteiger partial charge in [0.05, 0.1) is 10.9 Å². The predicted molar refractivity (Wildman–Crippen MR) is 89.3 cm³/mol. The van der Waals surface area contributed by atoms with Crippen LogP contribution in [0.15, 0.2) is 64.1 Å². The number of aromatic nitrogens is 1. The van der Waals surface area contributed by atoms with Gasteiger partial charge in [0.2, 0.25) is 12.2 Å². The standard InChI is InChI=1S/C19H11NO4/c21-18-13(17-19-15(7-8-20-17)23-10-24-19)9-22-14-6-5-11-3-1-2-4-12(11)16(14)18/h1-9H,10H2. The fourth-order valence-corrected chi connectivity index (χ4v) is 3.09. The van der Waals surface area contributed by atoms with Crippen LogP contribution in [0.1, 0.15) is 0 Å². The minimum atomic E-state index is -0.135. The molecule has 1 aliphatic heterocycles. The van der Waals surface area contributed by atoms with Crippen molar-refractivity contribution in [1.82, 2.24) is 4.98 Å². The number of ether oxygens (including phenoxy) is 2. The Morgan fingerprint density at radius 2 is 1.92 bits per heavy atom. The Morgan fingerprint density at radius 1 is 1.00 bits per heavy atom. The molecule has 5 heteroatoms. The van der Waals surface area contributed by atoms with Crippen molar-refractivity contribution in [3.05, 3.63) is 65.1 Å². The van der Waals surface area contributed by atoms with Crippen molar-refractivity contribution in [2.75, 3.05) is 6.79 Å². The highest BCUT2D eigenvalue weighted by atomic mass is 16.7. The van der Waals surface area contributed by atoms with E-state index >= 15 is 0 Å². The highest BCUT2D eigenvalue weighted by Gasteiger charge is 2.23. The Morgan fingerprint density at radius 3 is 2.88 bits per heavy atom. The Bertz CT molecular complexity index is 1160. The zero-order chi connectivity index (χ0) is 16.1. The van der Waals surface area contributed by atoms with Gasteiger partial charge in [0.1, 0.15) is 17.5 Å². The average molecular weight is 317 g/mol. The van der Waals surface area contributed by atoms with Crippen molar-refractivity contribution in [3.8, 4) is 22.8 Å². The van der Waals surface area contributed by atoms with Crippen molar-refractivity contribution in [2.24, 2.45) is 0 Å². The van der Waals surface area contributed by atoms with Crippen molar-refractivity contribution >= 4 is 21.7 Å². The molecule has 1 aliphatic rings. The molecule has 0 fully saturated rings. The molecule has 0 amide bonds. The second-order valence-electron chi connectivity index (χ2n) is 5.53. The summed E-state index contributed by atoms with van der Waals surface area (Å²) < 4.78 is 16.5. The van der Waals surface area contributed by atoms with Gasteiger partial charge in [-0.15, -0.1) is 0 Å². The molecule has 0 bridgehead atoms. The number of pyridine rings is 1. The Hall–Kier alpha value is -3.34. The average Bonchev–Trinajstić information content (AvgIpc) is 3.10. The molecule has 0 atom stereocenters. The van der Waals surface area contributed by atoms with Gasteiger partial charge in [-0.05, 0) is 16.8 Å². The molecule has 2 aromatic heterocycles. The summed E-state index contributed by atoms with van der Waals surface area (Å²) in [4.78, 5) is 17.4. The maximum atomic E-state index is 13.1.